The maximum atomic E-state index is 12.6. The second kappa shape index (κ2) is 9.68. The molecule has 0 fully saturated rings. The van der Waals surface area contributed by atoms with Crippen LogP contribution in [-0.4, -0.2) is 49.1 Å². The van der Waals surface area contributed by atoms with Crippen molar-refractivity contribution in [1.29, 1.82) is 0 Å². The fourth-order valence-corrected chi connectivity index (χ4v) is 3.75. The number of carbonyl (C=O) groups is 1. The van der Waals surface area contributed by atoms with Gasteiger partial charge in [-0.05, 0) is 36.4 Å². The Morgan fingerprint density at radius 1 is 0.839 bits per heavy atom. The summed E-state index contributed by atoms with van der Waals surface area (Å²) in [6.45, 7) is 2.72. The second-order valence-corrected chi connectivity index (χ2v) is 7.27. The molecule has 31 heavy (non-hydrogen) atoms. The number of nitrogens with zero attached hydrogens (tertiary/aromatic N) is 2. The largest absolute Gasteiger partial charge is 0.483 e. The summed E-state index contributed by atoms with van der Waals surface area (Å²) < 4.78 is 20.4. The van der Waals surface area contributed by atoms with Crippen LogP contribution >= 0.6 is 0 Å². The molecule has 0 unspecified atom stereocenters. The summed E-state index contributed by atoms with van der Waals surface area (Å²) in [6, 6.07) is 15.7. The molecule has 0 radical (unpaired) electrons. The maximum Gasteiger partial charge on any atom is 0.262 e. The van der Waals surface area contributed by atoms with Crippen LogP contribution < -0.4 is 10.1 Å². The molecule has 7 nitrogen and oxygen atoms in total. The van der Waals surface area contributed by atoms with Crippen LogP contribution in [0.15, 0.2) is 60.9 Å². The van der Waals surface area contributed by atoms with Gasteiger partial charge in [0.05, 0.1) is 29.9 Å². The smallest absolute Gasteiger partial charge is 0.262 e. The summed E-state index contributed by atoms with van der Waals surface area (Å²) >= 11 is 0. The lowest BCUT2D eigenvalue weighted by Crippen LogP contribution is -2.20. The minimum absolute atomic E-state index is 0.0663. The molecule has 0 bridgehead atoms. The molecule has 0 aliphatic heterocycles. The van der Waals surface area contributed by atoms with Crippen molar-refractivity contribution in [2.75, 3.05) is 39.4 Å². The number of rotatable bonds is 10. The van der Waals surface area contributed by atoms with Gasteiger partial charge in [-0.25, -0.2) is 0 Å². The SMILES string of the molecule is COCCn1ccc2c(NC(=O)COc3cccc4c3ccn4CCOC)cccc21. The van der Waals surface area contributed by atoms with E-state index in [1.165, 1.54) is 0 Å². The zero-order valence-corrected chi connectivity index (χ0v) is 17.8. The van der Waals surface area contributed by atoms with E-state index in [1.54, 1.807) is 14.2 Å². The highest BCUT2D eigenvalue weighted by atomic mass is 16.5. The minimum atomic E-state index is -0.201. The lowest BCUT2D eigenvalue weighted by Gasteiger charge is -2.11. The van der Waals surface area contributed by atoms with E-state index >= 15 is 0 Å². The van der Waals surface area contributed by atoms with Gasteiger partial charge in [0.15, 0.2) is 6.61 Å². The predicted molar refractivity (Wildman–Crippen MR) is 122 cm³/mol. The first-order chi connectivity index (χ1) is 15.2. The van der Waals surface area contributed by atoms with Crippen LogP contribution in [0.4, 0.5) is 5.69 Å². The number of aromatic nitrogens is 2. The molecule has 4 aromatic rings. The van der Waals surface area contributed by atoms with E-state index in [0.29, 0.717) is 19.0 Å². The van der Waals surface area contributed by atoms with Gasteiger partial charge < -0.3 is 28.7 Å². The molecule has 2 aromatic carbocycles. The molecule has 0 aliphatic rings. The number of hydrogen-bond acceptors (Lipinski definition) is 4. The van der Waals surface area contributed by atoms with Crippen molar-refractivity contribution in [3.8, 4) is 5.75 Å². The molecule has 162 valence electrons. The second-order valence-electron chi connectivity index (χ2n) is 7.27. The molecule has 0 saturated carbocycles. The quantitative estimate of drug-likeness (QED) is 0.422. The van der Waals surface area contributed by atoms with E-state index in [4.69, 9.17) is 14.2 Å². The number of hydrogen-bond donors (Lipinski definition) is 1. The van der Waals surface area contributed by atoms with Crippen molar-refractivity contribution in [2.45, 2.75) is 13.1 Å². The molecule has 0 saturated heterocycles. The van der Waals surface area contributed by atoms with Gasteiger partial charge in [-0.3, -0.25) is 4.79 Å². The zero-order chi connectivity index (χ0) is 21.6. The molecule has 2 heterocycles. The molecule has 1 amide bonds. The van der Waals surface area contributed by atoms with Gasteiger partial charge in [-0.2, -0.15) is 0 Å². The van der Waals surface area contributed by atoms with Crippen LogP contribution in [0, 0.1) is 0 Å². The zero-order valence-electron chi connectivity index (χ0n) is 17.8. The lowest BCUT2D eigenvalue weighted by atomic mass is 10.2. The number of nitrogens with one attached hydrogen (secondary N) is 1. The Morgan fingerprint density at radius 3 is 2.13 bits per heavy atom. The van der Waals surface area contributed by atoms with Gasteiger partial charge >= 0.3 is 0 Å². The lowest BCUT2D eigenvalue weighted by molar-refractivity contribution is -0.118. The van der Waals surface area contributed by atoms with Crippen molar-refractivity contribution < 1.29 is 19.0 Å². The van der Waals surface area contributed by atoms with E-state index in [0.717, 1.165) is 40.6 Å². The van der Waals surface area contributed by atoms with Crippen LogP contribution in [0.5, 0.6) is 5.75 Å². The predicted octanol–water partition coefficient (Wildman–Crippen LogP) is 3.91. The Bertz CT molecular complexity index is 1180. The Labute approximate surface area is 181 Å². The normalized spacial score (nSPS) is 11.3. The number of carbonyl (C=O) groups excluding carboxylic acids is 1. The van der Waals surface area contributed by atoms with Crippen LogP contribution in [0.2, 0.25) is 0 Å². The third-order valence-corrected chi connectivity index (χ3v) is 5.29. The van der Waals surface area contributed by atoms with E-state index in [-0.39, 0.29) is 12.5 Å². The Hall–Kier alpha value is -3.29. The summed E-state index contributed by atoms with van der Waals surface area (Å²) in [6.07, 6.45) is 4.01. The molecule has 2 aromatic heterocycles. The molecular weight excluding hydrogens is 394 g/mol. The third-order valence-electron chi connectivity index (χ3n) is 5.29. The van der Waals surface area contributed by atoms with Crippen molar-refractivity contribution in [1.82, 2.24) is 9.13 Å². The number of ether oxygens (including phenoxy) is 3. The minimum Gasteiger partial charge on any atom is -0.483 e. The monoisotopic (exact) mass is 421 g/mol. The summed E-state index contributed by atoms with van der Waals surface area (Å²) in [4.78, 5) is 12.6. The van der Waals surface area contributed by atoms with Gasteiger partial charge in [0.2, 0.25) is 0 Å². The number of fused-ring (bicyclic) bond motifs is 2. The maximum absolute atomic E-state index is 12.6. The average molecular weight is 421 g/mol. The molecule has 0 atom stereocenters. The number of benzene rings is 2. The van der Waals surface area contributed by atoms with Crippen molar-refractivity contribution in [2.24, 2.45) is 0 Å². The van der Waals surface area contributed by atoms with Crippen molar-refractivity contribution in [3.05, 3.63) is 60.9 Å². The number of methoxy groups -OCH3 is 2. The first kappa shape index (κ1) is 21.0. The summed E-state index contributed by atoms with van der Waals surface area (Å²) in [7, 11) is 3.38. The van der Waals surface area contributed by atoms with Crippen molar-refractivity contribution >= 4 is 33.4 Å². The van der Waals surface area contributed by atoms with E-state index in [1.807, 2.05) is 60.9 Å². The summed E-state index contributed by atoms with van der Waals surface area (Å²) in [5, 5.41) is 4.94. The fraction of sp³-hybridized carbons (Fsp3) is 0.292. The summed E-state index contributed by atoms with van der Waals surface area (Å²) in [5.74, 6) is 0.487. The Morgan fingerprint density at radius 2 is 1.45 bits per heavy atom. The summed E-state index contributed by atoms with van der Waals surface area (Å²) in [5.41, 5.74) is 2.88. The fourth-order valence-electron chi connectivity index (χ4n) is 3.75. The highest BCUT2D eigenvalue weighted by Crippen LogP contribution is 2.27. The topological polar surface area (TPSA) is 66.6 Å². The molecule has 0 spiro atoms. The first-order valence-electron chi connectivity index (χ1n) is 10.3. The molecule has 7 heteroatoms. The van der Waals surface area contributed by atoms with Crippen LogP contribution in [0.3, 0.4) is 0 Å². The highest BCUT2D eigenvalue weighted by molar-refractivity contribution is 6.02. The molecule has 4 rings (SSSR count). The van der Waals surface area contributed by atoms with Crippen molar-refractivity contribution in [3.63, 3.8) is 0 Å². The van der Waals surface area contributed by atoms with Gasteiger partial charge in [-0.1, -0.05) is 12.1 Å². The number of anilines is 1. The highest BCUT2D eigenvalue weighted by Gasteiger charge is 2.11. The molecule has 0 aliphatic carbocycles. The standard InChI is InChI=1S/C24H27N3O4/c1-29-15-13-26-11-9-18-20(5-3-6-21(18)26)25-24(28)17-31-23-8-4-7-22-19(23)10-12-27(22)14-16-30-2/h3-12H,13-17H2,1-2H3,(H,25,28). The van der Waals surface area contributed by atoms with E-state index < -0.39 is 0 Å². The van der Waals surface area contributed by atoms with Crippen LogP contribution in [-0.2, 0) is 27.4 Å². The molecular formula is C24H27N3O4. The van der Waals surface area contributed by atoms with Crippen LogP contribution in [0.1, 0.15) is 0 Å². The Kier molecular flexibility index (Phi) is 6.54. The van der Waals surface area contributed by atoms with Gasteiger partial charge in [0, 0.05) is 50.5 Å². The molecule has 1 N–H and O–H groups in total. The van der Waals surface area contributed by atoms with E-state index in [9.17, 15) is 4.79 Å². The first-order valence-corrected chi connectivity index (χ1v) is 10.3. The third kappa shape index (κ3) is 4.57. The van der Waals surface area contributed by atoms with Crippen LogP contribution in [0.25, 0.3) is 21.8 Å². The van der Waals surface area contributed by atoms with Gasteiger partial charge in [0.25, 0.3) is 5.91 Å². The Balaban J connectivity index is 1.44. The number of amides is 1. The average Bonchev–Trinajstić information content (AvgIpc) is 3.40. The van der Waals surface area contributed by atoms with Gasteiger partial charge in [0.1, 0.15) is 5.75 Å². The van der Waals surface area contributed by atoms with Gasteiger partial charge in [-0.15, -0.1) is 0 Å². The van der Waals surface area contributed by atoms with E-state index in [2.05, 4.69) is 14.5 Å².